The van der Waals surface area contributed by atoms with Gasteiger partial charge in [-0.3, -0.25) is 0 Å². The minimum Gasteiger partial charge on any atom is -0.328 e. The van der Waals surface area contributed by atoms with E-state index in [1.807, 2.05) is 0 Å². The molecule has 0 radical (unpaired) electrons. The summed E-state index contributed by atoms with van der Waals surface area (Å²) < 4.78 is 0. The minimum atomic E-state index is 1.05. The van der Waals surface area contributed by atoms with E-state index in [9.17, 15) is 0 Å². The van der Waals surface area contributed by atoms with Crippen LogP contribution in [0.4, 0.5) is 22.7 Å². The van der Waals surface area contributed by atoms with Gasteiger partial charge in [0.25, 0.3) is 0 Å². The van der Waals surface area contributed by atoms with E-state index in [0.717, 1.165) is 34.4 Å². The van der Waals surface area contributed by atoms with Crippen molar-refractivity contribution in [2.24, 2.45) is 0 Å². The number of rotatable bonds is 8. The number of para-hydroxylation sites is 4. The predicted octanol–water partition coefficient (Wildman–Crippen LogP) is 6.66. The lowest BCUT2D eigenvalue weighted by atomic mass is 10.2. The Bertz CT molecular complexity index is 1000. The van der Waals surface area contributed by atoms with Crippen LogP contribution in [-0.2, 0) is 0 Å². The topological polar surface area (TPSA) is 13.0 Å². The average Bonchev–Trinajstić information content (AvgIpc) is 2.92. The predicted molar refractivity (Wildman–Crippen MR) is 146 cm³/mol. The summed E-state index contributed by atoms with van der Waals surface area (Å²) >= 11 is 0. The Hall–Kier alpha value is -4.18. The summed E-state index contributed by atoms with van der Waals surface area (Å²) in [5, 5.41) is 0. The second-order valence-electron chi connectivity index (χ2n) is 8.23. The highest BCUT2D eigenvalue weighted by Gasteiger charge is 2.26. The number of anilines is 4. The summed E-state index contributed by atoms with van der Waals surface area (Å²) in [6, 6.07) is 41.9. The SMILES string of the molecule is CN(C(=C(N(C)c1ccccc1)N(C)c1ccccc1)N(C)c1ccccc1)c1ccccc1. The molecule has 4 aromatic carbocycles. The van der Waals surface area contributed by atoms with Gasteiger partial charge in [-0.05, 0) is 48.5 Å². The zero-order valence-electron chi connectivity index (χ0n) is 20.3. The molecule has 34 heavy (non-hydrogen) atoms. The van der Waals surface area contributed by atoms with Crippen molar-refractivity contribution in [3.8, 4) is 0 Å². The molecule has 4 nitrogen and oxygen atoms in total. The van der Waals surface area contributed by atoms with Crippen LogP contribution in [0.25, 0.3) is 0 Å². The zero-order chi connectivity index (χ0) is 23.9. The van der Waals surface area contributed by atoms with Crippen molar-refractivity contribution >= 4 is 22.7 Å². The van der Waals surface area contributed by atoms with Crippen molar-refractivity contribution in [2.45, 2.75) is 0 Å². The van der Waals surface area contributed by atoms with Crippen LogP contribution >= 0.6 is 0 Å². The molecule has 0 heterocycles. The molecule has 4 rings (SSSR count). The lowest BCUT2D eigenvalue weighted by Crippen LogP contribution is -2.41. The highest BCUT2D eigenvalue weighted by molar-refractivity contribution is 5.68. The molecule has 0 unspecified atom stereocenters. The molecule has 0 spiro atoms. The number of nitrogens with zero attached hydrogens (tertiary/aromatic N) is 4. The maximum absolute atomic E-state index is 2.25. The third-order valence-electron chi connectivity index (χ3n) is 6.04. The first-order valence-corrected chi connectivity index (χ1v) is 11.5. The summed E-state index contributed by atoms with van der Waals surface area (Å²) in [5.74, 6) is 2.10. The molecule has 172 valence electrons. The van der Waals surface area contributed by atoms with Crippen molar-refractivity contribution in [3.05, 3.63) is 133 Å². The van der Waals surface area contributed by atoms with E-state index in [0.29, 0.717) is 0 Å². The Morgan fingerprint density at radius 1 is 0.324 bits per heavy atom. The van der Waals surface area contributed by atoms with Gasteiger partial charge in [-0.1, -0.05) is 72.8 Å². The Kier molecular flexibility index (Phi) is 7.19. The van der Waals surface area contributed by atoms with Gasteiger partial charge < -0.3 is 19.6 Å². The number of hydrogen-bond acceptors (Lipinski definition) is 4. The normalized spacial score (nSPS) is 10.4. The molecule has 0 aliphatic rings. The Labute approximate surface area is 203 Å². The molecule has 4 heteroatoms. The van der Waals surface area contributed by atoms with Gasteiger partial charge in [-0.25, -0.2) is 0 Å². The van der Waals surface area contributed by atoms with Gasteiger partial charge in [0.2, 0.25) is 0 Å². The van der Waals surface area contributed by atoms with E-state index in [1.165, 1.54) is 0 Å². The van der Waals surface area contributed by atoms with Gasteiger partial charge in [-0.15, -0.1) is 0 Å². The van der Waals surface area contributed by atoms with Crippen molar-refractivity contribution in [1.82, 2.24) is 0 Å². The lowest BCUT2D eigenvalue weighted by molar-refractivity contribution is 0.869. The third-order valence-corrected chi connectivity index (χ3v) is 6.04. The average molecular weight is 449 g/mol. The molecular weight excluding hydrogens is 416 g/mol. The fourth-order valence-electron chi connectivity index (χ4n) is 4.15. The van der Waals surface area contributed by atoms with Crippen LogP contribution in [0.1, 0.15) is 0 Å². The maximum atomic E-state index is 2.25. The molecule has 0 saturated carbocycles. The maximum Gasteiger partial charge on any atom is 0.155 e. The highest BCUT2D eigenvalue weighted by Crippen LogP contribution is 2.32. The fourth-order valence-corrected chi connectivity index (χ4v) is 4.15. The van der Waals surface area contributed by atoms with Crippen LogP contribution in [0.2, 0.25) is 0 Å². The molecule has 0 aliphatic carbocycles. The molecular formula is C30H32N4. The lowest BCUT2D eigenvalue weighted by Gasteiger charge is -2.39. The first-order chi connectivity index (χ1) is 16.6. The highest BCUT2D eigenvalue weighted by atomic mass is 15.4. The number of hydrogen-bond donors (Lipinski definition) is 0. The van der Waals surface area contributed by atoms with Crippen LogP contribution in [0, 0.1) is 0 Å². The van der Waals surface area contributed by atoms with Gasteiger partial charge >= 0.3 is 0 Å². The standard InChI is InChI=1S/C30H32N4/c1-31(25-17-9-5-10-18-25)29(32(2)26-19-11-6-12-20-26)30(33(3)27-21-13-7-14-22-27)34(4)28-23-15-8-16-24-28/h5-24H,1-4H3. The third kappa shape index (κ3) is 4.91. The van der Waals surface area contributed by atoms with Gasteiger partial charge in [0, 0.05) is 50.9 Å². The van der Waals surface area contributed by atoms with Crippen molar-refractivity contribution in [3.63, 3.8) is 0 Å². The summed E-state index contributed by atoms with van der Waals surface area (Å²) in [6.07, 6.45) is 0. The zero-order valence-corrected chi connectivity index (χ0v) is 20.3. The first kappa shape index (κ1) is 23.0. The van der Waals surface area contributed by atoms with Crippen molar-refractivity contribution in [1.29, 1.82) is 0 Å². The van der Waals surface area contributed by atoms with E-state index in [2.05, 4.69) is 169 Å². The summed E-state index contributed by atoms with van der Waals surface area (Å²) in [4.78, 5) is 9.00. The first-order valence-electron chi connectivity index (χ1n) is 11.5. The Morgan fingerprint density at radius 3 is 0.676 bits per heavy atom. The molecule has 0 atom stereocenters. The van der Waals surface area contributed by atoms with Crippen molar-refractivity contribution in [2.75, 3.05) is 47.8 Å². The van der Waals surface area contributed by atoms with E-state index in [-0.39, 0.29) is 0 Å². The molecule has 0 fully saturated rings. The second-order valence-corrected chi connectivity index (χ2v) is 8.23. The molecule has 0 amide bonds. The van der Waals surface area contributed by atoms with Crippen LogP contribution in [0.15, 0.2) is 133 Å². The molecule has 0 aliphatic heterocycles. The van der Waals surface area contributed by atoms with E-state index >= 15 is 0 Å². The minimum absolute atomic E-state index is 1.05. The van der Waals surface area contributed by atoms with Gasteiger partial charge in [0.15, 0.2) is 11.6 Å². The molecule has 0 N–H and O–H groups in total. The Balaban J connectivity index is 1.97. The quantitative estimate of drug-likeness (QED) is 0.299. The van der Waals surface area contributed by atoms with Gasteiger partial charge in [-0.2, -0.15) is 0 Å². The molecule has 4 aromatic rings. The van der Waals surface area contributed by atoms with Crippen molar-refractivity contribution < 1.29 is 0 Å². The molecule has 0 aromatic heterocycles. The fraction of sp³-hybridized carbons (Fsp3) is 0.133. The van der Waals surface area contributed by atoms with E-state index < -0.39 is 0 Å². The summed E-state index contributed by atoms with van der Waals surface area (Å²) in [5.41, 5.74) is 4.45. The number of benzene rings is 4. The van der Waals surface area contributed by atoms with Crippen LogP contribution in [-0.4, -0.2) is 28.2 Å². The smallest absolute Gasteiger partial charge is 0.155 e. The molecule has 0 bridgehead atoms. The summed E-state index contributed by atoms with van der Waals surface area (Å²) in [7, 11) is 8.51. The Morgan fingerprint density at radius 2 is 0.500 bits per heavy atom. The van der Waals surface area contributed by atoms with Crippen LogP contribution in [0.3, 0.4) is 0 Å². The largest absolute Gasteiger partial charge is 0.328 e. The van der Waals surface area contributed by atoms with Gasteiger partial charge in [0.05, 0.1) is 0 Å². The molecule has 0 saturated heterocycles. The summed E-state index contributed by atoms with van der Waals surface area (Å²) in [6.45, 7) is 0. The van der Waals surface area contributed by atoms with Crippen LogP contribution in [0.5, 0.6) is 0 Å². The van der Waals surface area contributed by atoms with Gasteiger partial charge in [0.1, 0.15) is 0 Å². The monoisotopic (exact) mass is 448 g/mol. The van der Waals surface area contributed by atoms with E-state index in [4.69, 9.17) is 0 Å². The second kappa shape index (κ2) is 10.6. The van der Waals surface area contributed by atoms with Crippen LogP contribution < -0.4 is 19.6 Å². The van der Waals surface area contributed by atoms with E-state index in [1.54, 1.807) is 0 Å².